The Bertz CT molecular complexity index is 1550. The number of benzene rings is 2. The van der Waals surface area contributed by atoms with E-state index in [1.54, 1.807) is 30.5 Å². The molecule has 4 atom stereocenters. The lowest BCUT2D eigenvalue weighted by atomic mass is 10.0. The second-order valence-electron chi connectivity index (χ2n) is 10.7. The Balaban J connectivity index is 1.36. The van der Waals surface area contributed by atoms with Gasteiger partial charge in [0.2, 0.25) is 17.7 Å². The molecule has 0 saturated carbocycles. The van der Waals surface area contributed by atoms with Crippen molar-refractivity contribution in [3.05, 3.63) is 90.1 Å². The molecule has 12 heteroatoms. The van der Waals surface area contributed by atoms with Crippen LogP contribution in [0, 0.1) is 0 Å². The predicted octanol–water partition coefficient (Wildman–Crippen LogP) is 1.21. The quantitative estimate of drug-likeness (QED) is 0.123. The number of carboxylic acid groups (broad SMARTS) is 1. The fraction of sp³-hybridized carbons (Fsp3) is 0.323. The van der Waals surface area contributed by atoms with Crippen molar-refractivity contribution in [2.75, 3.05) is 6.54 Å². The number of aromatic amines is 2. The van der Waals surface area contributed by atoms with Gasteiger partial charge in [0, 0.05) is 48.3 Å². The first kappa shape index (κ1) is 29.5. The van der Waals surface area contributed by atoms with Crippen LogP contribution in [0.15, 0.2) is 73.3 Å². The van der Waals surface area contributed by atoms with Crippen LogP contribution in [0.2, 0.25) is 0 Å². The highest BCUT2D eigenvalue weighted by Crippen LogP contribution is 2.20. The summed E-state index contributed by atoms with van der Waals surface area (Å²) in [5, 5.41) is 22.2. The number of aliphatic carboxylic acids is 1. The van der Waals surface area contributed by atoms with Crippen molar-refractivity contribution >= 4 is 34.6 Å². The van der Waals surface area contributed by atoms with E-state index in [4.69, 9.17) is 0 Å². The largest absolute Gasteiger partial charge is 0.480 e. The van der Waals surface area contributed by atoms with E-state index in [0.717, 1.165) is 35.0 Å². The van der Waals surface area contributed by atoms with Crippen LogP contribution in [0.25, 0.3) is 10.9 Å². The molecule has 7 N–H and O–H groups in total. The molecule has 224 valence electrons. The van der Waals surface area contributed by atoms with Gasteiger partial charge >= 0.3 is 5.97 Å². The van der Waals surface area contributed by atoms with Gasteiger partial charge in [-0.2, -0.15) is 0 Å². The lowest BCUT2D eigenvalue weighted by Crippen LogP contribution is -2.58. The molecule has 4 unspecified atom stereocenters. The number of hydrogen-bond acceptors (Lipinski definition) is 6. The monoisotopic (exact) mass is 585 g/mol. The number of amides is 3. The van der Waals surface area contributed by atoms with E-state index in [0.29, 0.717) is 12.1 Å². The molecule has 1 aliphatic heterocycles. The molecule has 5 rings (SSSR count). The minimum Gasteiger partial charge on any atom is -0.480 e. The van der Waals surface area contributed by atoms with Gasteiger partial charge in [-0.3, -0.25) is 14.4 Å². The number of carbonyl (C=O) groups is 4. The van der Waals surface area contributed by atoms with Crippen LogP contribution in [0.4, 0.5) is 0 Å². The summed E-state index contributed by atoms with van der Waals surface area (Å²) in [6, 6.07) is 12.9. The normalized spacial score (nSPS) is 16.7. The van der Waals surface area contributed by atoms with Crippen LogP contribution in [0.3, 0.4) is 0 Å². The Morgan fingerprint density at radius 2 is 1.58 bits per heavy atom. The molecule has 12 nitrogen and oxygen atoms in total. The number of para-hydroxylation sites is 1. The Morgan fingerprint density at radius 1 is 0.860 bits per heavy atom. The zero-order valence-corrected chi connectivity index (χ0v) is 23.5. The molecule has 0 spiro atoms. The highest BCUT2D eigenvalue weighted by atomic mass is 16.4. The van der Waals surface area contributed by atoms with Crippen molar-refractivity contribution in [2.24, 2.45) is 0 Å². The third-order valence-electron chi connectivity index (χ3n) is 7.62. The third-order valence-corrected chi connectivity index (χ3v) is 7.62. The molecule has 3 heterocycles. The maximum atomic E-state index is 13.8. The standard InChI is InChI=1S/C31H35N7O5/c39-28(24-11-6-12-33-24)36-25(14-20-16-34-23-10-5-4-9-22(20)23)29(40)37-26(15-21-17-32-18-35-21)30(41)38-27(31(42)43)13-19-7-2-1-3-8-19/h1-5,7-10,16-18,24-27,33-34H,6,11-15H2,(H,32,35)(H,36,39)(H,37,40)(H,38,41)(H,42,43). The summed E-state index contributed by atoms with van der Waals surface area (Å²) in [5.74, 6) is -2.72. The maximum Gasteiger partial charge on any atom is 0.326 e. The number of rotatable bonds is 13. The predicted molar refractivity (Wildman–Crippen MR) is 159 cm³/mol. The molecule has 0 aliphatic carbocycles. The fourth-order valence-electron chi connectivity index (χ4n) is 5.33. The average Bonchev–Trinajstić information content (AvgIpc) is 3.80. The minimum absolute atomic E-state index is 0.0349. The first-order valence-electron chi connectivity index (χ1n) is 14.3. The van der Waals surface area contributed by atoms with E-state index < -0.39 is 42.0 Å². The van der Waals surface area contributed by atoms with Gasteiger partial charge in [-0.25, -0.2) is 9.78 Å². The van der Waals surface area contributed by atoms with Crippen molar-refractivity contribution in [1.29, 1.82) is 0 Å². The van der Waals surface area contributed by atoms with E-state index in [1.807, 2.05) is 30.3 Å². The van der Waals surface area contributed by atoms with Gasteiger partial charge in [0.05, 0.1) is 12.4 Å². The molecule has 43 heavy (non-hydrogen) atoms. The zero-order valence-electron chi connectivity index (χ0n) is 23.5. The lowest BCUT2D eigenvalue weighted by Gasteiger charge is -2.25. The first-order chi connectivity index (χ1) is 20.9. The topological polar surface area (TPSA) is 181 Å². The van der Waals surface area contributed by atoms with Crippen molar-refractivity contribution in [3.8, 4) is 0 Å². The maximum absolute atomic E-state index is 13.8. The van der Waals surface area contributed by atoms with Crippen molar-refractivity contribution < 1.29 is 24.3 Å². The van der Waals surface area contributed by atoms with E-state index >= 15 is 0 Å². The number of imidazole rings is 1. The summed E-state index contributed by atoms with van der Waals surface area (Å²) >= 11 is 0. The summed E-state index contributed by atoms with van der Waals surface area (Å²) in [4.78, 5) is 62.6. The van der Waals surface area contributed by atoms with Crippen molar-refractivity contribution in [1.82, 2.24) is 36.2 Å². The zero-order chi connectivity index (χ0) is 30.2. The summed E-state index contributed by atoms with van der Waals surface area (Å²) in [5.41, 5.74) is 3.04. The number of aromatic nitrogens is 3. The molecule has 2 aromatic heterocycles. The van der Waals surface area contributed by atoms with Gasteiger partial charge in [-0.1, -0.05) is 48.5 Å². The Labute approximate surface area is 248 Å². The van der Waals surface area contributed by atoms with Crippen LogP contribution < -0.4 is 21.3 Å². The third kappa shape index (κ3) is 7.66. The Morgan fingerprint density at radius 3 is 2.28 bits per heavy atom. The fourth-order valence-corrected chi connectivity index (χ4v) is 5.33. The average molecular weight is 586 g/mol. The van der Waals surface area contributed by atoms with Gasteiger partial charge in [-0.15, -0.1) is 0 Å². The molecule has 1 fully saturated rings. The first-order valence-corrected chi connectivity index (χ1v) is 14.3. The van der Waals surface area contributed by atoms with E-state index in [9.17, 15) is 24.3 Å². The van der Waals surface area contributed by atoms with Crippen molar-refractivity contribution in [2.45, 2.75) is 56.3 Å². The number of carboxylic acids is 1. The van der Waals surface area contributed by atoms with Crippen LogP contribution in [0.5, 0.6) is 0 Å². The smallest absolute Gasteiger partial charge is 0.326 e. The number of fused-ring (bicyclic) bond motifs is 1. The second kappa shape index (κ2) is 13.8. The second-order valence-corrected chi connectivity index (χ2v) is 10.7. The number of hydrogen-bond donors (Lipinski definition) is 7. The molecule has 3 amide bonds. The number of carbonyl (C=O) groups excluding carboxylic acids is 3. The summed E-state index contributed by atoms with van der Waals surface area (Å²) in [7, 11) is 0. The molecule has 1 aliphatic rings. The summed E-state index contributed by atoms with van der Waals surface area (Å²) < 4.78 is 0. The van der Waals surface area contributed by atoms with Gasteiger partial charge in [0.15, 0.2) is 0 Å². The van der Waals surface area contributed by atoms with Gasteiger partial charge < -0.3 is 36.3 Å². The van der Waals surface area contributed by atoms with E-state index in [1.165, 1.54) is 12.5 Å². The Hall–Kier alpha value is -4.97. The highest BCUT2D eigenvalue weighted by Gasteiger charge is 2.32. The molecular formula is C31H35N7O5. The Kier molecular flexibility index (Phi) is 9.47. The highest BCUT2D eigenvalue weighted by molar-refractivity contribution is 5.95. The van der Waals surface area contributed by atoms with Crippen LogP contribution >= 0.6 is 0 Å². The van der Waals surface area contributed by atoms with Gasteiger partial charge in [0.1, 0.15) is 18.1 Å². The minimum atomic E-state index is -1.22. The van der Waals surface area contributed by atoms with E-state index in [-0.39, 0.29) is 25.2 Å². The van der Waals surface area contributed by atoms with Crippen LogP contribution in [-0.2, 0) is 38.4 Å². The molecule has 4 aromatic rings. The molecular weight excluding hydrogens is 550 g/mol. The van der Waals surface area contributed by atoms with Crippen LogP contribution in [0.1, 0.15) is 29.7 Å². The molecule has 1 saturated heterocycles. The van der Waals surface area contributed by atoms with Crippen LogP contribution in [-0.4, -0.2) is 74.5 Å². The molecule has 2 aromatic carbocycles. The van der Waals surface area contributed by atoms with Crippen molar-refractivity contribution in [3.63, 3.8) is 0 Å². The molecule has 0 radical (unpaired) electrons. The summed E-state index contributed by atoms with van der Waals surface area (Å²) in [6.45, 7) is 0.720. The molecule has 0 bridgehead atoms. The number of H-pyrrole nitrogens is 2. The lowest BCUT2D eigenvalue weighted by molar-refractivity contribution is -0.142. The number of nitrogens with one attached hydrogen (secondary N) is 6. The number of nitrogens with zero attached hydrogens (tertiary/aromatic N) is 1. The van der Waals surface area contributed by atoms with Gasteiger partial charge in [-0.05, 0) is 36.6 Å². The van der Waals surface area contributed by atoms with E-state index in [2.05, 4.69) is 36.2 Å². The van der Waals surface area contributed by atoms with Gasteiger partial charge in [0.25, 0.3) is 0 Å². The summed E-state index contributed by atoms with van der Waals surface area (Å²) in [6.07, 6.45) is 6.60. The SMILES string of the molecule is O=C(O)C(Cc1ccccc1)NC(=O)C(Cc1cnc[nH]1)NC(=O)C(Cc1c[nH]c2ccccc12)NC(=O)C1CCCN1.